The van der Waals surface area contributed by atoms with Gasteiger partial charge in [-0.15, -0.1) is 0 Å². The number of aliphatic hydroxyl groups excluding tert-OH is 1. The lowest BCUT2D eigenvalue weighted by atomic mass is 9.97. The van der Waals surface area contributed by atoms with Crippen molar-refractivity contribution in [3.8, 4) is 0 Å². The molecule has 2 nitrogen and oxygen atoms in total. The maximum absolute atomic E-state index is 10.8. The van der Waals surface area contributed by atoms with Gasteiger partial charge in [0.2, 0.25) is 0 Å². The lowest BCUT2D eigenvalue weighted by molar-refractivity contribution is 0.511. The smallest absolute Gasteiger partial charge is 0.123 e. The Bertz CT molecular complexity index is 1260. The Balaban J connectivity index is 1.65. The van der Waals surface area contributed by atoms with E-state index < -0.39 is 0 Å². The maximum Gasteiger partial charge on any atom is 0.123 e. The largest absolute Gasteiger partial charge is 0.507 e. The van der Waals surface area contributed by atoms with Crippen molar-refractivity contribution in [2.24, 2.45) is 0 Å². The van der Waals surface area contributed by atoms with Crippen LogP contribution in [0.3, 0.4) is 0 Å². The van der Waals surface area contributed by atoms with E-state index in [9.17, 15) is 5.11 Å². The van der Waals surface area contributed by atoms with E-state index in [1.165, 1.54) is 16.8 Å². The van der Waals surface area contributed by atoms with Crippen molar-refractivity contribution in [2.45, 2.75) is 19.3 Å². The average molecular weight is 474 g/mol. The molecule has 0 spiro atoms. The highest BCUT2D eigenvalue weighted by atomic mass is 35.5. The zero-order chi connectivity index (χ0) is 23.2. The number of fused-ring (bicyclic) bond motifs is 1. The minimum atomic E-state index is 0.158. The first-order valence-corrected chi connectivity index (χ1v) is 11.6. The number of aromatic amines is 1. The van der Waals surface area contributed by atoms with Gasteiger partial charge in [0.15, 0.2) is 0 Å². The molecule has 1 heterocycles. The number of aromatic nitrogens is 1. The Morgan fingerprint density at radius 2 is 1.85 bits per heavy atom. The van der Waals surface area contributed by atoms with Gasteiger partial charge in [0, 0.05) is 27.5 Å². The molecule has 2 aliphatic rings. The van der Waals surface area contributed by atoms with Crippen molar-refractivity contribution in [1.29, 1.82) is 0 Å². The van der Waals surface area contributed by atoms with Gasteiger partial charge < -0.3 is 10.1 Å². The SMILES string of the molecule is C=C(/C=C/c1c[nH]c2c1CCC=C2)/C=C(\C=C(/O)c1ccc(Cl)cc1)C1=CC=C(Cl)C=CC1. The predicted octanol–water partition coefficient (Wildman–Crippen LogP) is 8.73. The number of aliphatic hydroxyl groups is 1. The Kier molecular flexibility index (Phi) is 7.39. The molecule has 0 atom stereocenters. The molecule has 0 aliphatic heterocycles. The summed E-state index contributed by atoms with van der Waals surface area (Å²) in [5.74, 6) is 0.158. The summed E-state index contributed by atoms with van der Waals surface area (Å²) in [6, 6.07) is 7.11. The zero-order valence-electron chi connectivity index (χ0n) is 18.2. The van der Waals surface area contributed by atoms with Gasteiger partial charge in [0.25, 0.3) is 0 Å². The Hall–Kier alpha value is -3.20. The van der Waals surface area contributed by atoms with E-state index >= 15 is 0 Å². The van der Waals surface area contributed by atoms with Gasteiger partial charge in [-0.05, 0) is 102 Å². The highest BCUT2D eigenvalue weighted by Crippen LogP contribution is 2.27. The molecule has 1 aromatic heterocycles. The van der Waals surface area contributed by atoms with Gasteiger partial charge in [0.1, 0.15) is 5.76 Å². The normalized spacial score (nSPS) is 16.4. The highest BCUT2D eigenvalue weighted by Gasteiger charge is 2.10. The molecule has 2 N–H and O–H groups in total. The molecule has 2 aliphatic carbocycles. The number of benzene rings is 1. The van der Waals surface area contributed by atoms with Crippen LogP contribution in [-0.2, 0) is 6.42 Å². The van der Waals surface area contributed by atoms with Crippen LogP contribution in [0.25, 0.3) is 17.9 Å². The fourth-order valence-corrected chi connectivity index (χ4v) is 4.11. The van der Waals surface area contributed by atoms with E-state index in [0.717, 1.165) is 29.6 Å². The van der Waals surface area contributed by atoms with Gasteiger partial charge in [-0.1, -0.05) is 60.2 Å². The number of hydrogen-bond donors (Lipinski definition) is 2. The number of rotatable bonds is 6. The maximum atomic E-state index is 10.8. The summed E-state index contributed by atoms with van der Waals surface area (Å²) < 4.78 is 0. The van der Waals surface area contributed by atoms with Crippen LogP contribution in [0.2, 0.25) is 5.02 Å². The molecular formula is C29H25Cl2NO. The average Bonchev–Trinajstić information content (AvgIpc) is 3.10. The molecule has 0 radical (unpaired) electrons. The van der Waals surface area contributed by atoms with Crippen LogP contribution >= 0.6 is 23.2 Å². The van der Waals surface area contributed by atoms with Crippen molar-refractivity contribution in [3.05, 3.63) is 135 Å². The van der Waals surface area contributed by atoms with Crippen LogP contribution in [0.4, 0.5) is 0 Å². The van der Waals surface area contributed by atoms with Crippen molar-refractivity contribution in [1.82, 2.24) is 4.98 Å². The molecule has 0 saturated carbocycles. The third-order valence-electron chi connectivity index (χ3n) is 5.58. The van der Waals surface area contributed by atoms with Gasteiger partial charge in [-0.3, -0.25) is 0 Å². The fourth-order valence-electron chi connectivity index (χ4n) is 3.83. The topological polar surface area (TPSA) is 36.0 Å². The first kappa shape index (κ1) is 23.0. The van der Waals surface area contributed by atoms with Crippen LogP contribution < -0.4 is 0 Å². The second-order valence-electron chi connectivity index (χ2n) is 7.97. The predicted molar refractivity (Wildman–Crippen MR) is 142 cm³/mol. The second-order valence-corrected chi connectivity index (χ2v) is 8.84. The van der Waals surface area contributed by atoms with Gasteiger partial charge >= 0.3 is 0 Å². The summed E-state index contributed by atoms with van der Waals surface area (Å²) in [4.78, 5) is 3.33. The van der Waals surface area contributed by atoms with Gasteiger partial charge in [0.05, 0.1) is 0 Å². The first-order chi connectivity index (χ1) is 16.0. The number of hydrogen-bond acceptors (Lipinski definition) is 1. The molecule has 33 heavy (non-hydrogen) atoms. The number of halogens is 2. The highest BCUT2D eigenvalue weighted by molar-refractivity contribution is 6.31. The molecule has 166 valence electrons. The van der Waals surface area contributed by atoms with Crippen LogP contribution in [0.5, 0.6) is 0 Å². The lowest BCUT2D eigenvalue weighted by Gasteiger charge is -2.09. The number of nitrogens with one attached hydrogen (secondary N) is 1. The molecule has 4 heteroatoms. The zero-order valence-corrected chi connectivity index (χ0v) is 19.7. The lowest BCUT2D eigenvalue weighted by Crippen LogP contribution is -1.92. The summed E-state index contributed by atoms with van der Waals surface area (Å²) in [6.45, 7) is 4.23. The van der Waals surface area contributed by atoms with Gasteiger partial charge in [-0.2, -0.15) is 0 Å². The summed E-state index contributed by atoms with van der Waals surface area (Å²) >= 11 is 12.2. The van der Waals surface area contributed by atoms with E-state index in [4.69, 9.17) is 23.2 Å². The van der Waals surface area contributed by atoms with E-state index in [1.54, 1.807) is 30.3 Å². The Morgan fingerprint density at radius 3 is 2.67 bits per heavy atom. The fraction of sp³-hybridized carbons (Fsp3) is 0.103. The standard InChI is InChI=1S/C29H25Cl2NO/c1-20(9-10-23-19-32-28-8-3-2-7-27(23)28)17-24(21-5-4-6-25(30)14-11-21)18-29(33)22-12-15-26(31)16-13-22/h3-4,6,8-19,32-33H,1-2,5,7H2/b10-9+,24-17+,29-18-. The van der Waals surface area contributed by atoms with Crippen LogP contribution in [0.15, 0.2) is 107 Å². The third kappa shape index (κ3) is 5.98. The molecular weight excluding hydrogens is 449 g/mol. The molecule has 4 rings (SSSR count). The molecule has 1 aromatic carbocycles. The monoisotopic (exact) mass is 473 g/mol. The van der Waals surface area contributed by atoms with E-state index in [2.05, 4.69) is 29.8 Å². The quantitative estimate of drug-likeness (QED) is 0.319. The molecule has 0 saturated heterocycles. The van der Waals surface area contributed by atoms with Crippen LogP contribution in [-0.4, -0.2) is 10.1 Å². The van der Waals surface area contributed by atoms with Gasteiger partial charge in [-0.25, -0.2) is 0 Å². The molecule has 0 amide bonds. The Labute approximate surface area is 205 Å². The molecule has 2 aromatic rings. The summed E-state index contributed by atoms with van der Waals surface area (Å²) in [5, 5.41) is 12.1. The summed E-state index contributed by atoms with van der Waals surface area (Å²) in [5.41, 5.74) is 7.10. The number of H-pyrrole nitrogens is 1. The summed E-state index contributed by atoms with van der Waals surface area (Å²) in [7, 11) is 0. The molecule has 0 unspecified atom stereocenters. The molecule has 0 fully saturated rings. The van der Waals surface area contributed by atoms with Crippen molar-refractivity contribution in [2.75, 3.05) is 0 Å². The van der Waals surface area contributed by atoms with Crippen LogP contribution in [0, 0.1) is 0 Å². The van der Waals surface area contributed by atoms with E-state index in [-0.39, 0.29) is 5.76 Å². The van der Waals surface area contributed by atoms with Crippen molar-refractivity contribution < 1.29 is 5.11 Å². The van der Waals surface area contributed by atoms with Crippen molar-refractivity contribution >= 4 is 41.1 Å². The third-order valence-corrected chi connectivity index (χ3v) is 6.09. The van der Waals surface area contributed by atoms with Crippen molar-refractivity contribution in [3.63, 3.8) is 0 Å². The minimum absolute atomic E-state index is 0.158. The van der Waals surface area contributed by atoms with Crippen LogP contribution in [0.1, 0.15) is 35.2 Å². The first-order valence-electron chi connectivity index (χ1n) is 10.8. The van der Waals surface area contributed by atoms with E-state index in [0.29, 0.717) is 22.0 Å². The Morgan fingerprint density at radius 1 is 1.03 bits per heavy atom. The van der Waals surface area contributed by atoms with E-state index in [1.807, 2.05) is 42.7 Å². The second kappa shape index (κ2) is 10.6. The molecule has 0 bridgehead atoms. The summed E-state index contributed by atoms with van der Waals surface area (Å²) in [6.07, 6.45) is 24.7. The minimum Gasteiger partial charge on any atom is -0.507 e. The number of allylic oxidation sites excluding steroid dienone is 12.